The molecule has 6 heteroatoms. The molecule has 0 N–H and O–H groups in total. The monoisotopic (exact) mass is 215 g/mol. The normalized spacial score (nSPS) is 14.8. The summed E-state index contributed by atoms with van der Waals surface area (Å²) in [7, 11) is 0. The summed E-state index contributed by atoms with van der Waals surface area (Å²) in [5.74, 6) is -0.829. The summed E-state index contributed by atoms with van der Waals surface area (Å²) < 4.78 is 0. The molecule has 1 aromatic heterocycles. The summed E-state index contributed by atoms with van der Waals surface area (Å²) in [4.78, 5) is 20.4. The van der Waals surface area contributed by atoms with E-state index in [9.17, 15) is 9.90 Å². The van der Waals surface area contributed by atoms with E-state index in [0.717, 1.165) is 25.9 Å². The molecule has 5 nitrogen and oxygen atoms in total. The number of rotatable bonds is 2. The smallest absolute Gasteiger partial charge is 0.543 e. The van der Waals surface area contributed by atoms with Crippen molar-refractivity contribution in [2.24, 2.45) is 0 Å². The molecule has 1 aromatic rings. The Morgan fingerprint density at radius 2 is 1.87 bits per heavy atom. The van der Waals surface area contributed by atoms with Gasteiger partial charge in [-0.1, -0.05) is 0 Å². The van der Waals surface area contributed by atoms with E-state index in [1.165, 1.54) is 12.4 Å². The summed E-state index contributed by atoms with van der Waals surface area (Å²) in [6.45, 7) is 1.69. The molecular weight excluding hydrogens is 205 g/mol. The first-order valence-corrected chi connectivity index (χ1v) is 4.56. The number of carboxylic acid groups (broad SMARTS) is 1. The van der Waals surface area contributed by atoms with Gasteiger partial charge in [0.2, 0.25) is 0 Å². The number of hydrogen-bond acceptors (Lipinski definition) is 5. The summed E-state index contributed by atoms with van der Waals surface area (Å²) in [5, 5.41) is 10.7. The number of carbonyl (C=O) groups is 1. The predicted molar refractivity (Wildman–Crippen MR) is 47.8 cm³/mol. The van der Waals surface area contributed by atoms with Crippen LogP contribution in [0.3, 0.4) is 0 Å². The van der Waals surface area contributed by atoms with E-state index >= 15 is 0 Å². The minimum Gasteiger partial charge on any atom is -0.543 e. The Hall–Kier alpha value is -0.650. The summed E-state index contributed by atoms with van der Waals surface area (Å²) in [5.41, 5.74) is -0.0607. The average molecular weight is 215 g/mol. The van der Waals surface area contributed by atoms with Crippen LogP contribution in [0.1, 0.15) is 23.3 Å². The quantitative estimate of drug-likeness (QED) is 0.478. The summed E-state index contributed by atoms with van der Waals surface area (Å²) >= 11 is 0. The van der Waals surface area contributed by atoms with Crippen molar-refractivity contribution in [2.75, 3.05) is 18.0 Å². The first-order valence-electron chi connectivity index (χ1n) is 4.56. The molecule has 0 spiro atoms. The van der Waals surface area contributed by atoms with Crippen molar-refractivity contribution >= 4 is 11.8 Å². The maximum Gasteiger partial charge on any atom is 1.00 e. The Kier molecular flexibility index (Phi) is 4.50. The number of carboxylic acids is 1. The second kappa shape index (κ2) is 5.44. The van der Waals surface area contributed by atoms with Gasteiger partial charge in [-0.05, 0) is 12.8 Å². The van der Waals surface area contributed by atoms with Gasteiger partial charge in [-0.3, -0.25) is 0 Å². The van der Waals surface area contributed by atoms with Crippen LogP contribution in [0.5, 0.6) is 0 Å². The van der Waals surface area contributed by atoms with Crippen molar-refractivity contribution < 1.29 is 39.5 Å². The van der Waals surface area contributed by atoms with Crippen LogP contribution in [-0.2, 0) is 0 Å². The van der Waals surface area contributed by atoms with Crippen molar-refractivity contribution in [3.05, 3.63) is 18.1 Å². The zero-order chi connectivity index (χ0) is 9.97. The SMILES string of the molecule is O=C([O-])c1nccnc1N1CCCC1.[Na+]. The number of aromatic nitrogens is 2. The van der Waals surface area contributed by atoms with Crippen molar-refractivity contribution in [2.45, 2.75) is 12.8 Å². The average Bonchev–Trinajstić information content (AvgIpc) is 2.70. The Morgan fingerprint density at radius 1 is 1.27 bits per heavy atom. The number of carbonyl (C=O) groups excluding carboxylic acids is 1. The molecule has 1 saturated heterocycles. The van der Waals surface area contributed by atoms with Gasteiger partial charge in [0.15, 0.2) is 5.82 Å². The molecule has 0 aliphatic carbocycles. The van der Waals surface area contributed by atoms with Gasteiger partial charge >= 0.3 is 29.6 Å². The van der Waals surface area contributed by atoms with E-state index < -0.39 is 5.97 Å². The van der Waals surface area contributed by atoms with E-state index in [1.807, 2.05) is 4.90 Å². The number of aromatic carboxylic acids is 1. The molecule has 2 rings (SSSR count). The van der Waals surface area contributed by atoms with E-state index in [2.05, 4.69) is 9.97 Å². The third-order valence-corrected chi connectivity index (χ3v) is 2.28. The standard InChI is InChI=1S/C9H11N3O2.Na/c13-9(14)7-8(11-4-3-10-7)12-5-1-2-6-12;/h3-4H,1-2,5-6H2,(H,13,14);/q;+1/p-1. The number of anilines is 1. The first kappa shape index (κ1) is 12.4. The molecule has 0 radical (unpaired) electrons. The Bertz CT molecular complexity index is 353. The zero-order valence-electron chi connectivity index (χ0n) is 8.64. The van der Waals surface area contributed by atoms with Gasteiger partial charge in [0.05, 0.1) is 5.97 Å². The van der Waals surface area contributed by atoms with Gasteiger partial charge in [-0.2, -0.15) is 0 Å². The Labute approximate surface area is 110 Å². The van der Waals surface area contributed by atoms with Gasteiger partial charge < -0.3 is 14.8 Å². The molecule has 0 saturated carbocycles. The van der Waals surface area contributed by atoms with Crippen LogP contribution in [0.2, 0.25) is 0 Å². The van der Waals surface area contributed by atoms with Gasteiger partial charge in [0.1, 0.15) is 5.69 Å². The molecule has 1 fully saturated rings. The molecule has 0 atom stereocenters. The van der Waals surface area contributed by atoms with Gasteiger partial charge in [-0.15, -0.1) is 0 Å². The van der Waals surface area contributed by atoms with Crippen LogP contribution >= 0.6 is 0 Å². The molecule has 0 bridgehead atoms. The molecular formula is C9H10N3NaO2. The van der Waals surface area contributed by atoms with Crippen LogP contribution in [0.15, 0.2) is 12.4 Å². The predicted octanol–water partition coefficient (Wildman–Crippen LogP) is -3.56. The third-order valence-electron chi connectivity index (χ3n) is 2.28. The molecule has 0 aromatic carbocycles. The molecule has 1 aliphatic heterocycles. The summed E-state index contributed by atoms with van der Waals surface area (Å²) in [6, 6.07) is 0. The second-order valence-corrected chi connectivity index (χ2v) is 3.21. The largest absolute Gasteiger partial charge is 1.00 e. The molecule has 0 unspecified atom stereocenters. The van der Waals surface area contributed by atoms with E-state index in [1.54, 1.807) is 0 Å². The second-order valence-electron chi connectivity index (χ2n) is 3.21. The Morgan fingerprint density at radius 3 is 2.47 bits per heavy atom. The maximum absolute atomic E-state index is 10.7. The van der Waals surface area contributed by atoms with Crippen molar-refractivity contribution in [1.82, 2.24) is 9.97 Å². The fraction of sp³-hybridized carbons (Fsp3) is 0.444. The number of hydrogen-bond donors (Lipinski definition) is 0. The minimum atomic E-state index is -1.26. The Balaban J connectivity index is 0.00000112. The van der Waals surface area contributed by atoms with Crippen LogP contribution in [-0.4, -0.2) is 29.0 Å². The third kappa shape index (κ3) is 2.68. The van der Waals surface area contributed by atoms with Gasteiger partial charge in [0.25, 0.3) is 0 Å². The molecule has 0 amide bonds. The van der Waals surface area contributed by atoms with Crippen molar-refractivity contribution in [3.63, 3.8) is 0 Å². The fourth-order valence-corrected chi connectivity index (χ4v) is 1.64. The zero-order valence-corrected chi connectivity index (χ0v) is 10.6. The fourth-order valence-electron chi connectivity index (χ4n) is 1.64. The van der Waals surface area contributed by atoms with E-state index in [0.29, 0.717) is 5.82 Å². The van der Waals surface area contributed by atoms with Crippen LogP contribution < -0.4 is 39.6 Å². The topological polar surface area (TPSA) is 69.1 Å². The summed E-state index contributed by atoms with van der Waals surface area (Å²) in [6.07, 6.45) is 5.01. The van der Waals surface area contributed by atoms with Crippen molar-refractivity contribution in [3.8, 4) is 0 Å². The number of nitrogens with zero attached hydrogens (tertiary/aromatic N) is 3. The van der Waals surface area contributed by atoms with Crippen molar-refractivity contribution in [1.29, 1.82) is 0 Å². The van der Waals surface area contributed by atoms with E-state index in [4.69, 9.17) is 0 Å². The van der Waals surface area contributed by atoms with E-state index in [-0.39, 0.29) is 35.3 Å². The maximum atomic E-state index is 10.7. The van der Waals surface area contributed by atoms with Crippen LogP contribution in [0.4, 0.5) is 5.82 Å². The minimum absolute atomic E-state index is 0. The van der Waals surface area contributed by atoms with Crippen LogP contribution in [0, 0.1) is 0 Å². The molecule has 74 valence electrons. The molecule has 2 heterocycles. The van der Waals surface area contributed by atoms with Gasteiger partial charge in [-0.25, -0.2) is 9.97 Å². The molecule has 15 heavy (non-hydrogen) atoms. The molecule has 1 aliphatic rings. The van der Waals surface area contributed by atoms with Crippen LogP contribution in [0.25, 0.3) is 0 Å². The van der Waals surface area contributed by atoms with Gasteiger partial charge in [0, 0.05) is 25.5 Å². The first-order chi connectivity index (χ1) is 6.79.